The fraction of sp³-hybridized carbons (Fsp3) is 0.360. The van der Waals surface area contributed by atoms with Gasteiger partial charge in [0.25, 0.3) is 5.95 Å². The van der Waals surface area contributed by atoms with Crippen LogP contribution in [0.5, 0.6) is 0 Å². The molecule has 0 bridgehead atoms. The van der Waals surface area contributed by atoms with Crippen molar-refractivity contribution in [2.24, 2.45) is 0 Å². The van der Waals surface area contributed by atoms with Crippen molar-refractivity contribution in [3.8, 4) is 17.1 Å². The summed E-state index contributed by atoms with van der Waals surface area (Å²) in [5.74, 6) is 1.60. The van der Waals surface area contributed by atoms with Crippen molar-refractivity contribution in [1.82, 2.24) is 19.7 Å². The summed E-state index contributed by atoms with van der Waals surface area (Å²) in [6.07, 6.45) is 7.73. The molecule has 1 saturated heterocycles. The molecule has 164 valence electrons. The van der Waals surface area contributed by atoms with Gasteiger partial charge in [0.15, 0.2) is 5.78 Å². The first-order chi connectivity index (χ1) is 15.6. The molecule has 0 spiro atoms. The summed E-state index contributed by atoms with van der Waals surface area (Å²) in [7, 11) is 0. The van der Waals surface area contributed by atoms with Crippen LogP contribution >= 0.6 is 0 Å². The first kappa shape index (κ1) is 20.6. The second-order valence-corrected chi connectivity index (χ2v) is 8.37. The van der Waals surface area contributed by atoms with E-state index < -0.39 is 0 Å². The Balaban J connectivity index is 1.55. The van der Waals surface area contributed by atoms with E-state index in [9.17, 15) is 4.79 Å². The quantitative estimate of drug-likeness (QED) is 0.594. The number of aromatic nitrogens is 4. The summed E-state index contributed by atoms with van der Waals surface area (Å²) < 4.78 is 7.26. The van der Waals surface area contributed by atoms with Crippen molar-refractivity contribution in [3.05, 3.63) is 59.1 Å². The molecule has 0 saturated carbocycles. The van der Waals surface area contributed by atoms with Crippen LogP contribution in [0.2, 0.25) is 0 Å². The van der Waals surface area contributed by atoms with Gasteiger partial charge in [-0.05, 0) is 25.0 Å². The number of ether oxygens (including phenoxy) is 1. The van der Waals surface area contributed by atoms with Crippen LogP contribution in [-0.2, 0) is 16.0 Å². The zero-order chi connectivity index (χ0) is 22.1. The number of carbonyl (C=O) groups is 1. The average molecular weight is 430 g/mol. The fourth-order valence-electron chi connectivity index (χ4n) is 4.28. The highest BCUT2D eigenvalue weighted by Crippen LogP contribution is 2.33. The lowest BCUT2D eigenvalue weighted by molar-refractivity contribution is -0.115. The van der Waals surface area contributed by atoms with Gasteiger partial charge >= 0.3 is 0 Å². The maximum atomic E-state index is 12.6. The Labute approximate surface area is 187 Å². The second-order valence-electron chi connectivity index (χ2n) is 8.37. The number of hydrogen-bond acceptors (Lipinski definition) is 6. The largest absolute Gasteiger partial charge is 0.378 e. The molecule has 1 aliphatic heterocycles. The standard InChI is InChI=1S/C25H27N5O2/c1-3-5-23(31)19-13-21-22(14-19)27-25(28-24(21)29-8-10-32-11-9-29)30-16-20(15-26-30)18-7-4-6-17(2)12-18/h4,6-7,12,14-16H,3,5,8-11,13H2,1-2H3. The number of nitrogens with zero attached hydrogens (tertiary/aromatic N) is 5. The van der Waals surface area contributed by atoms with Gasteiger partial charge in [-0.1, -0.05) is 36.8 Å². The van der Waals surface area contributed by atoms with Crippen molar-refractivity contribution >= 4 is 17.7 Å². The van der Waals surface area contributed by atoms with Crippen LogP contribution in [0.3, 0.4) is 0 Å². The normalized spacial score (nSPS) is 15.6. The Hall–Kier alpha value is -3.32. The Morgan fingerprint density at radius 3 is 2.78 bits per heavy atom. The van der Waals surface area contributed by atoms with E-state index in [1.54, 1.807) is 4.68 Å². The molecule has 3 aromatic rings. The topological polar surface area (TPSA) is 73.1 Å². The lowest BCUT2D eigenvalue weighted by Gasteiger charge is -2.29. The van der Waals surface area contributed by atoms with E-state index in [4.69, 9.17) is 14.7 Å². The van der Waals surface area contributed by atoms with Gasteiger partial charge in [-0.15, -0.1) is 0 Å². The van der Waals surface area contributed by atoms with Gasteiger partial charge in [0.1, 0.15) is 5.82 Å². The Morgan fingerprint density at radius 2 is 2.00 bits per heavy atom. The monoisotopic (exact) mass is 429 g/mol. The number of hydrogen-bond donors (Lipinski definition) is 0. The Morgan fingerprint density at radius 1 is 1.16 bits per heavy atom. The number of morpholine rings is 1. The van der Waals surface area contributed by atoms with Gasteiger partial charge in [-0.2, -0.15) is 10.1 Å². The number of benzene rings is 1. The van der Waals surface area contributed by atoms with Gasteiger partial charge in [0.2, 0.25) is 0 Å². The van der Waals surface area contributed by atoms with Crippen molar-refractivity contribution in [2.45, 2.75) is 33.1 Å². The molecule has 1 aromatic carbocycles. The minimum Gasteiger partial charge on any atom is -0.378 e. The number of ketones is 1. The van der Waals surface area contributed by atoms with E-state index in [0.717, 1.165) is 53.3 Å². The fourth-order valence-corrected chi connectivity index (χ4v) is 4.28. The van der Waals surface area contributed by atoms with Crippen molar-refractivity contribution in [2.75, 3.05) is 31.2 Å². The third kappa shape index (κ3) is 3.96. The van der Waals surface area contributed by atoms with Crippen LogP contribution in [0.1, 0.15) is 36.6 Å². The summed E-state index contributed by atoms with van der Waals surface area (Å²) in [5.41, 5.74) is 6.00. The van der Waals surface area contributed by atoms with Gasteiger partial charge in [0, 0.05) is 48.8 Å². The van der Waals surface area contributed by atoms with Crippen LogP contribution in [0.15, 0.2) is 42.2 Å². The van der Waals surface area contributed by atoms with E-state index in [-0.39, 0.29) is 5.78 Å². The van der Waals surface area contributed by atoms with E-state index in [1.807, 2.05) is 31.5 Å². The summed E-state index contributed by atoms with van der Waals surface area (Å²) in [6.45, 7) is 6.99. The highest BCUT2D eigenvalue weighted by molar-refractivity contribution is 6.02. The molecular formula is C25H27N5O2. The zero-order valence-corrected chi connectivity index (χ0v) is 18.5. The molecule has 0 N–H and O–H groups in total. The van der Waals surface area contributed by atoms with E-state index in [1.165, 1.54) is 5.56 Å². The van der Waals surface area contributed by atoms with E-state index >= 15 is 0 Å². The molecule has 32 heavy (non-hydrogen) atoms. The van der Waals surface area contributed by atoms with Gasteiger partial charge in [-0.25, -0.2) is 9.67 Å². The van der Waals surface area contributed by atoms with Crippen molar-refractivity contribution in [1.29, 1.82) is 0 Å². The van der Waals surface area contributed by atoms with Crippen LogP contribution < -0.4 is 4.90 Å². The first-order valence-corrected chi connectivity index (χ1v) is 11.2. The molecule has 1 fully saturated rings. The molecule has 7 heteroatoms. The number of anilines is 1. The molecule has 1 aliphatic carbocycles. The second kappa shape index (κ2) is 8.67. The summed E-state index contributed by atoms with van der Waals surface area (Å²) in [4.78, 5) is 24.5. The van der Waals surface area contributed by atoms with Crippen LogP contribution in [0.25, 0.3) is 23.2 Å². The molecule has 0 amide bonds. The molecule has 0 unspecified atom stereocenters. The van der Waals surface area contributed by atoms with Crippen molar-refractivity contribution in [3.63, 3.8) is 0 Å². The third-order valence-electron chi connectivity index (χ3n) is 5.97. The van der Waals surface area contributed by atoms with E-state index in [0.29, 0.717) is 32.0 Å². The lowest BCUT2D eigenvalue weighted by Crippen LogP contribution is -2.37. The molecule has 2 aliphatic rings. The maximum absolute atomic E-state index is 12.6. The van der Waals surface area contributed by atoms with Gasteiger partial charge in [-0.3, -0.25) is 4.79 Å². The number of aryl methyl sites for hydroxylation is 1. The van der Waals surface area contributed by atoms with Crippen LogP contribution in [0.4, 0.5) is 5.82 Å². The predicted octanol–water partition coefficient (Wildman–Crippen LogP) is 3.78. The number of carbonyl (C=O) groups excluding carboxylic acids is 1. The molecule has 3 heterocycles. The molecule has 7 nitrogen and oxygen atoms in total. The minimum absolute atomic E-state index is 0.195. The van der Waals surface area contributed by atoms with Crippen LogP contribution in [-0.4, -0.2) is 51.8 Å². The predicted molar refractivity (Wildman–Crippen MR) is 124 cm³/mol. The molecule has 0 radical (unpaired) electrons. The van der Waals surface area contributed by atoms with Gasteiger partial charge in [0.05, 0.1) is 25.1 Å². The number of fused-ring (bicyclic) bond motifs is 1. The molecular weight excluding hydrogens is 402 g/mol. The van der Waals surface area contributed by atoms with Crippen LogP contribution in [0, 0.1) is 6.92 Å². The summed E-state index contributed by atoms with van der Waals surface area (Å²) in [5, 5.41) is 4.55. The van der Waals surface area contributed by atoms with Gasteiger partial charge < -0.3 is 9.64 Å². The zero-order valence-electron chi connectivity index (χ0n) is 18.5. The Kier molecular flexibility index (Phi) is 5.57. The highest BCUT2D eigenvalue weighted by Gasteiger charge is 2.27. The van der Waals surface area contributed by atoms with E-state index in [2.05, 4.69) is 35.1 Å². The maximum Gasteiger partial charge on any atom is 0.253 e. The molecule has 2 aromatic heterocycles. The smallest absolute Gasteiger partial charge is 0.253 e. The lowest BCUT2D eigenvalue weighted by atomic mass is 10.1. The van der Waals surface area contributed by atoms with Crippen molar-refractivity contribution < 1.29 is 9.53 Å². The third-order valence-corrected chi connectivity index (χ3v) is 5.97. The average Bonchev–Trinajstić information content (AvgIpc) is 3.47. The molecule has 0 atom stereocenters. The minimum atomic E-state index is 0.195. The number of Topliss-reactive ketones (excluding diaryl/α,β-unsaturated/α-hetero) is 1. The summed E-state index contributed by atoms with van der Waals surface area (Å²) in [6, 6.07) is 8.34. The summed E-state index contributed by atoms with van der Waals surface area (Å²) >= 11 is 0. The SMILES string of the molecule is CCCC(=O)C1=Cc2nc(-n3cc(-c4cccc(C)c4)cn3)nc(N3CCOCC3)c2C1. The highest BCUT2D eigenvalue weighted by atomic mass is 16.5. The first-order valence-electron chi connectivity index (χ1n) is 11.2. The number of allylic oxidation sites excluding steroid dienone is 1. The Bertz CT molecular complexity index is 1190. The number of rotatable bonds is 6. The molecule has 5 rings (SSSR count).